The maximum absolute atomic E-state index is 4.51. The van der Waals surface area contributed by atoms with Crippen LogP contribution in [0.15, 0.2) is 67.1 Å². The molecule has 4 aromatic rings. The van der Waals surface area contributed by atoms with E-state index in [0.717, 1.165) is 23.0 Å². The summed E-state index contributed by atoms with van der Waals surface area (Å²) in [5, 5.41) is 8.96. The van der Waals surface area contributed by atoms with Gasteiger partial charge in [-0.15, -0.1) is 6.07 Å². The Morgan fingerprint density at radius 1 is 0.735 bits per heavy atom. The van der Waals surface area contributed by atoms with Gasteiger partial charge in [0, 0.05) is 44.1 Å². The quantitative estimate of drug-likeness (QED) is 0.252. The molecular formula is C26H35IrN6S-. The molecule has 6 nitrogen and oxygen atoms in total. The predicted molar refractivity (Wildman–Crippen MR) is 138 cm³/mol. The van der Waals surface area contributed by atoms with Gasteiger partial charge in [-0.2, -0.15) is 16.9 Å². The van der Waals surface area contributed by atoms with Gasteiger partial charge >= 0.3 is 0 Å². The van der Waals surface area contributed by atoms with Crippen molar-refractivity contribution < 1.29 is 20.1 Å². The van der Waals surface area contributed by atoms with Crippen molar-refractivity contribution in [2.24, 2.45) is 0 Å². The maximum atomic E-state index is 4.51. The van der Waals surface area contributed by atoms with E-state index in [1.54, 1.807) is 33.5 Å². The fourth-order valence-corrected chi connectivity index (χ4v) is 2.59. The van der Waals surface area contributed by atoms with Crippen LogP contribution in [0.5, 0.6) is 0 Å². The van der Waals surface area contributed by atoms with E-state index in [1.807, 2.05) is 67.2 Å². The summed E-state index contributed by atoms with van der Waals surface area (Å²) in [7, 11) is 0. The summed E-state index contributed by atoms with van der Waals surface area (Å²) in [6, 6.07) is 15.5. The number of pyridine rings is 2. The molecule has 0 unspecified atom stereocenters. The van der Waals surface area contributed by atoms with Gasteiger partial charge in [-0.05, 0) is 47.9 Å². The Hall–Kier alpha value is -2.28. The zero-order valence-electron chi connectivity index (χ0n) is 21.3. The van der Waals surface area contributed by atoms with Gasteiger partial charge in [-0.3, -0.25) is 5.10 Å². The van der Waals surface area contributed by atoms with Crippen molar-refractivity contribution in [1.82, 2.24) is 29.5 Å². The molecule has 0 aliphatic rings. The fraction of sp³-hybridized carbons (Fsp3) is 0.385. The zero-order chi connectivity index (χ0) is 24.5. The third-order valence-corrected chi connectivity index (χ3v) is 4.41. The van der Waals surface area contributed by atoms with Crippen molar-refractivity contribution in [3.05, 3.63) is 84.7 Å². The van der Waals surface area contributed by atoms with E-state index in [0.29, 0.717) is 0 Å². The molecule has 0 saturated carbocycles. The van der Waals surface area contributed by atoms with Crippen molar-refractivity contribution in [3.8, 4) is 11.6 Å². The second-order valence-corrected chi connectivity index (χ2v) is 10.3. The zero-order valence-corrected chi connectivity index (χ0v) is 24.5. The summed E-state index contributed by atoms with van der Waals surface area (Å²) in [5.41, 5.74) is 2.23. The molecule has 4 rings (SSSR count). The molecule has 0 aliphatic carbocycles. The van der Waals surface area contributed by atoms with E-state index in [4.69, 9.17) is 0 Å². The summed E-state index contributed by atoms with van der Waals surface area (Å²) in [5.74, 6) is 1.65. The minimum absolute atomic E-state index is 0. The monoisotopic (exact) mass is 656 g/mol. The molecule has 0 aromatic carbocycles. The van der Waals surface area contributed by atoms with Gasteiger partial charge < -0.3 is 9.67 Å². The summed E-state index contributed by atoms with van der Waals surface area (Å²) >= 11 is 1.75. The van der Waals surface area contributed by atoms with E-state index in [2.05, 4.69) is 67.9 Å². The van der Waals surface area contributed by atoms with Crippen molar-refractivity contribution in [2.45, 2.75) is 52.4 Å². The summed E-state index contributed by atoms with van der Waals surface area (Å²) < 4.78 is 3.49. The van der Waals surface area contributed by atoms with Gasteiger partial charge in [-0.25, -0.2) is 9.67 Å². The first kappa shape index (κ1) is 29.8. The number of thioether (sulfide) groups is 1. The van der Waals surface area contributed by atoms with Crippen LogP contribution in [0.4, 0.5) is 0 Å². The van der Waals surface area contributed by atoms with Gasteiger partial charge in [0.25, 0.3) is 0 Å². The molecule has 4 aromatic heterocycles. The summed E-state index contributed by atoms with van der Waals surface area (Å²) in [6.45, 7) is 12.8. The molecule has 0 atom stereocenters. The van der Waals surface area contributed by atoms with E-state index < -0.39 is 0 Å². The topological polar surface area (TPSA) is 61.4 Å². The van der Waals surface area contributed by atoms with Crippen LogP contribution in [0.1, 0.15) is 52.9 Å². The number of aromatic nitrogens is 6. The van der Waals surface area contributed by atoms with Crippen molar-refractivity contribution in [2.75, 3.05) is 12.5 Å². The second kappa shape index (κ2) is 13.6. The number of hydrogen-bond donors (Lipinski definition) is 0. The molecule has 0 saturated heterocycles. The van der Waals surface area contributed by atoms with Crippen LogP contribution in [0.25, 0.3) is 11.6 Å². The van der Waals surface area contributed by atoms with Crippen LogP contribution >= 0.6 is 11.8 Å². The molecule has 0 fully saturated rings. The van der Waals surface area contributed by atoms with Gasteiger partial charge in [-0.1, -0.05) is 65.9 Å². The Kier molecular flexibility index (Phi) is 11.9. The number of hydrogen-bond acceptors (Lipinski definition) is 5. The predicted octanol–water partition coefficient (Wildman–Crippen LogP) is 5.91. The number of rotatable bonds is 2. The third kappa shape index (κ3) is 9.16. The average Bonchev–Trinajstić information content (AvgIpc) is 3.46. The molecular weight excluding hydrogens is 621 g/mol. The van der Waals surface area contributed by atoms with Gasteiger partial charge in [0.1, 0.15) is 0 Å². The van der Waals surface area contributed by atoms with Gasteiger partial charge in [0.15, 0.2) is 5.82 Å². The van der Waals surface area contributed by atoms with Crippen LogP contribution in [0.2, 0.25) is 0 Å². The molecule has 0 N–H and O–H groups in total. The smallest absolute Gasteiger partial charge is 0.153 e. The van der Waals surface area contributed by atoms with Gasteiger partial charge in [0.05, 0.1) is 11.5 Å². The number of nitrogens with zero attached hydrogens (tertiary/aromatic N) is 6. The first-order valence-electron chi connectivity index (χ1n) is 10.8. The summed E-state index contributed by atoms with van der Waals surface area (Å²) in [4.78, 5) is 8.46. The summed E-state index contributed by atoms with van der Waals surface area (Å²) in [6.07, 6.45) is 12.6. The first-order chi connectivity index (χ1) is 15.6. The molecule has 0 spiro atoms. The van der Waals surface area contributed by atoms with E-state index in [-0.39, 0.29) is 30.9 Å². The Balaban J connectivity index is 0.000000297. The van der Waals surface area contributed by atoms with Crippen molar-refractivity contribution in [1.29, 1.82) is 0 Å². The van der Waals surface area contributed by atoms with Crippen molar-refractivity contribution >= 4 is 11.8 Å². The Labute approximate surface area is 222 Å². The van der Waals surface area contributed by atoms with Crippen LogP contribution in [0, 0.1) is 6.20 Å². The molecule has 8 heteroatoms. The fourth-order valence-electron chi connectivity index (χ4n) is 2.59. The Morgan fingerprint density at radius 3 is 1.68 bits per heavy atom. The molecule has 185 valence electrons. The van der Waals surface area contributed by atoms with Crippen LogP contribution in [-0.4, -0.2) is 42.0 Å². The van der Waals surface area contributed by atoms with Crippen LogP contribution < -0.4 is 0 Å². The minimum atomic E-state index is 0. The minimum Gasteiger partial charge on any atom is -0.343 e. The van der Waals surface area contributed by atoms with Gasteiger partial charge in [0.2, 0.25) is 0 Å². The van der Waals surface area contributed by atoms with E-state index in [9.17, 15) is 0 Å². The molecule has 0 amide bonds. The Bertz CT molecular complexity index is 992. The van der Waals surface area contributed by atoms with Crippen LogP contribution in [0.3, 0.4) is 0 Å². The molecule has 0 aliphatic heterocycles. The normalized spacial score (nSPS) is 10.8. The largest absolute Gasteiger partial charge is 0.343 e. The maximum Gasteiger partial charge on any atom is 0.153 e. The van der Waals surface area contributed by atoms with Crippen molar-refractivity contribution in [3.63, 3.8) is 0 Å². The van der Waals surface area contributed by atoms with E-state index >= 15 is 0 Å². The molecule has 1 radical (unpaired) electrons. The molecule has 4 heterocycles. The molecule has 0 bridgehead atoms. The first-order valence-corrected chi connectivity index (χ1v) is 12.5. The van der Waals surface area contributed by atoms with E-state index in [1.165, 1.54) is 0 Å². The van der Waals surface area contributed by atoms with Crippen LogP contribution in [-0.2, 0) is 30.9 Å². The third-order valence-electron chi connectivity index (χ3n) is 4.41. The SMILES string of the molecule is CC(C)(C)c1c[c-]n(-c2ccccn2)n1.CC(C)(C)c1ccn(-c2ccccn2)n1.CSC.[Ir]. The average molecular weight is 656 g/mol. The standard InChI is InChI=1S/C12H15N3.C12H14N3.C2H6S.Ir/c2*1-12(2,3)10-7-9-15(14-10)11-6-4-5-8-13-11;1-3-2;/h4-9H,1-3H3;4-8H,1-3H3;1-2H3;/q;-1;;. The Morgan fingerprint density at radius 2 is 1.26 bits per heavy atom. The molecule has 34 heavy (non-hydrogen) atoms. The second-order valence-electron chi connectivity index (χ2n) is 9.50.